The molecule has 0 fully saturated rings. The zero-order valence-corrected chi connectivity index (χ0v) is 11.8. The van der Waals surface area contributed by atoms with Crippen molar-refractivity contribution < 1.29 is 19.1 Å². The van der Waals surface area contributed by atoms with Gasteiger partial charge in [-0.2, -0.15) is 0 Å². The van der Waals surface area contributed by atoms with Crippen LogP contribution in [0.2, 0.25) is 0 Å². The van der Waals surface area contributed by atoms with Crippen LogP contribution in [0.15, 0.2) is 0 Å². The van der Waals surface area contributed by atoms with Crippen molar-refractivity contribution in [2.45, 2.75) is 12.8 Å². The van der Waals surface area contributed by atoms with Crippen LogP contribution in [0.4, 0.5) is 0 Å². The van der Waals surface area contributed by atoms with Crippen LogP contribution >= 0.6 is 0 Å². The summed E-state index contributed by atoms with van der Waals surface area (Å²) < 4.78 is 9.60. The van der Waals surface area contributed by atoms with Gasteiger partial charge >= 0.3 is 5.97 Å². The van der Waals surface area contributed by atoms with Crippen molar-refractivity contribution in [3.63, 3.8) is 0 Å². The number of amides is 1. The zero-order valence-electron chi connectivity index (χ0n) is 11.8. The van der Waals surface area contributed by atoms with Crippen LogP contribution < -0.4 is 0 Å². The summed E-state index contributed by atoms with van der Waals surface area (Å²) in [6, 6.07) is 0. The first-order chi connectivity index (χ1) is 8.51. The van der Waals surface area contributed by atoms with Crippen molar-refractivity contribution >= 4 is 11.9 Å². The molecule has 0 atom stereocenters. The molecule has 0 rings (SSSR count). The van der Waals surface area contributed by atoms with E-state index in [1.54, 1.807) is 26.1 Å². The number of carbonyl (C=O) groups excluding carboxylic acids is 2. The van der Waals surface area contributed by atoms with E-state index in [9.17, 15) is 9.59 Å². The first kappa shape index (κ1) is 16.9. The molecule has 6 nitrogen and oxygen atoms in total. The number of carbonyl (C=O) groups is 2. The highest BCUT2D eigenvalue weighted by Crippen LogP contribution is 1.98. The number of hydrogen-bond acceptors (Lipinski definition) is 5. The molecule has 0 N–H and O–H groups in total. The predicted octanol–water partition coefficient (Wildman–Crippen LogP) is -0.0238. The molecular weight excluding hydrogens is 236 g/mol. The van der Waals surface area contributed by atoms with E-state index < -0.39 is 0 Å². The lowest BCUT2D eigenvalue weighted by molar-refractivity contribution is -0.141. The van der Waals surface area contributed by atoms with Crippen LogP contribution in [0.5, 0.6) is 0 Å². The van der Waals surface area contributed by atoms with Crippen molar-refractivity contribution in [3.05, 3.63) is 0 Å². The van der Waals surface area contributed by atoms with E-state index >= 15 is 0 Å². The smallest absolute Gasteiger partial charge is 0.306 e. The average Bonchev–Trinajstić information content (AvgIpc) is 2.36. The zero-order chi connectivity index (χ0) is 14.0. The van der Waals surface area contributed by atoms with Gasteiger partial charge < -0.3 is 14.4 Å². The van der Waals surface area contributed by atoms with Gasteiger partial charge in [0.1, 0.15) is 0 Å². The van der Waals surface area contributed by atoms with Crippen molar-refractivity contribution in [2.75, 3.05) is 54.6 Å². The van der Waals surface area contributed by atoms with Crippen molar-refractivity contribution in [2.24, 2.45) is 0 Å². The molecule has 0 radical (unpaired) electrons. The Bertz CT molecular complexity index is 256. The van der Waals surface area contributed by atoms with Gasteiger partial charge in [0.15, 0.2) is 0 Å². The predicted molar refractivity (Wildman–Crippen MR) is 68.3 cm³/mol. The van der Waals surface area contributed by atoms with E-state index in [2.05, 4.69) is 4.74 Å². The van der Waals surface area contributed by atoms with Crippen LogP contribution in [0, 0.1) is 0 Å². The second-order valence-corrected chi connectivity index (χ2v) is 4.20. The maximum atomic E-state index is 11.5. The van der Waals surface area contributed by atoms with Crippen molar-refractivity contribution in [1.82, 2.24) is 9.80 Å². The highest BCUT2D eigenvalue weighted by Gasteiger charge is 2.11. The van der Waals surface area contributed by atoms with Gasteiger partial charge in [-0.15, -0.1) is 0 Å². The first-order valence-corrected chi connectivity index (χ1v) is 5.99. The fourth-order valence-electron chi connectivity index (χ4n) is 1.38. The number of rotatable bonds is 9. The van der Waals surface area contributed by atoms with Crippen molar-refractivity contribution in [1.29, 1.82) is 0 Å². The number of ether oxygens (including phenoxy) is 2. The molecule has 0 aliphatic heterocycles. The van der Waals surface area contributed by atoms with Gasteiger partial charge in [-0.05, 0) is 0 Å². The van der Waals surface area contributed by atoms with Crippen LogP contribution in [0.25, 0.3) is 0 Å². The third-order valence-corrected chi connectivity index (χ3v) is 2.61. The number of esters is 1. The highest BCUT2D eigenvalue weighted by molar-refractivity contribution is 5.75. The molecule has 0 spiro atoms. The molecule has 0 aromatic rings. The standard InChI is InChI=1S/C12H24N2O4/c1-13(2)11(15)5-7-14(9-10-17-3)8-6-12(16)18-4/h5-10H2,1-4H3. The molecule has 0 unspecified atom stereocenters. The summed E-state index contributed by atoms with van der Waals surface area (Å²) in [6.45, 7) is 2.49. The molecule has 0 aliphatic carbocycles. The second-order valence-electron chi connectivity index (χ2n) is 4.20. The van der Waals surface area contributed by atoms with Crippen LogP contribution in [-0.2, 0) is 19.1 Å². The largest absolute Gasteiger partial charge is 0.469 e. The SMILES string of the molecule is COCCN(CCC(=O)OC)CCC(=O)N(C)C. The normalized spacial score (nSPS) is 10.5. The minimum Gasteiger partial charge on any atom is -0.469 e. The fraction of sp³-hybridized carbons (Fsp3) is 0.833. The third kappa shape index (κ3) is 8.03. The van der Waals surface area contributed by atoms with E-state index in [1.165, 1.54) is 7.11 Å². The Morgan fingerprint density at radius 3 is 2.11 bits per heavy atom. The molecule has 0 saturated heterocycles. The maximum absolute atomic E-state index is 11.5. The minimum absolute atomic E-state index is 0.0792. The Balaban J connectivity index is 4.05. The van der Waals surface area contributed by atoms with Gasteiger partial charge in [0.25, 0.3) is 0 Å². The molecule has 6 heteroatoms. The second kappa shape index (κ2) is 9.85. The maximum Gasteiger partial charge on any atom is 0.306 e. The molecule has 18 heavy (non-hydrogen) atoms. The average molecular weight is 260 g/mol. The lowest BCUT2D eigenvalue weighted by Gasteiger charge is -2.22. The Labute approximate surface area is 109 Å². The van der Waals surface area contributed by atoms with Gasteiger partial charge in [-0.3, -0.25) is 14.5 Å². The van der Waals surface area contributed by atoms with E-state index in [0.717, 1.165) is 0 Å². The quantitative estimate of drug-likeness (QED) is 0.545. The van der Waals surface area contributed by atoms with Gasteiger partial charge in [0, 0.05) is 47.3 Å². The number of nitrogens with zero attached hydrogens (tertiary/aromatic N) is 2. The monoisotopic (exact) mass is 260 g/mol. The van der Waals surface area contributed by atoms with Gasteiger partial charge in [0.2, 0.25) is 5.91 Å². The van der Waals surface area contributed by atoms with Crippen molar-refractivity contribution in [3.8, 4) is 0 Å². The summed E-state index contributed by atoms with van der Waals surface area (Å²) in [5.74, 6) is -0.160. The Kier molecular flexibility index (Phi) is 9.22. The fourth-order valence-corrected chi connectivity index (χ4v) is 1.38. The highest BCUT2D eigenvalue weighted by atomic mass is 16.5. The Hall–Kier alpha value is -1.14. The molecule has 0 saturated carbocycles. The van der Waals surface area contributed by atoms with E-state index in [4.69, 9.17) is 4.74 Å². The first-order valence-electron chi connectivity index (χ1n) is 5.99. The Morgan fingerprint density at radius 1 is 1.00 bits per heavy atom. The topological polar surface area (TPSA) is 59.1 Å². The summed E-state index contributed by atoms with van der Waals surface area (Å²) in [4.78, 5) is 26.2. The lowest BCUT2D eigenvalue weighted by Crippen LogP contribution is -2.34. The van der Waals surface area contributed by atoms with E-state index in [1.807, 2.05) is 4.90 Å². The summed E-state index contributed by atoms with van der Waals surface area (Å²) in [6.07, 6.45) is 0.772. The number of hydrogen-bond donors (Lipinski definition) is 0. The molecule has 106 valence electrons. The summed E-state index contributed by atoms with van der Waals surface area (Å²) in [5, 5.41) is 0. The Morgan fingerprint density at radius 2 is 1.61 bits per heavy atom. The van der Waals surface area contributed by atoms with Gasteiger partial charge in [0.05, 0.1) is 20.1 Å². The minimum atomic E-state index is -0.239. The van der Waals surface area contributed by atoms with E-state index in [0.29, 0.717) is 39.1 Å². The molecule has 0 bridgehead atoms. The molecule has 0 aromatic carbocycles. The lowest BCUT2D eigenvalue weighted by atomic mass is 10.3. The molecule has 0 heterocycles. The van der Waals surface area contributed by atoms with E-state index in [-0.39, 0.29) is 11.9 Å². The summed E-state index contributed by atoms with van der Waals surface area (Å²) in [7, 11) is 6.47. The molecular formula is C12H24N2O4. The summed E-state index contributed by atoms with van der Waals surface area (Å²) in [5.41, 5.74) is 0. The van der Waals surface area contributed by atoms with Gasteiger partial charge in [-0.1, -0.05) is 0 Å². The third-order valence-electron chi connectivity index (χ3n) is 2.61. The molecule has 0 aliphatic rings. The van der Waals surface area contributed by atoms with Gasteiger partial charge in [-0.25, -0.2) is 0 Å². The molecule has 0 aromatic heterocycles. The van der Waals surface area contributed by atoms with Crippen LogP contribution in [-0.4, -0.2) is 76.2 Å². The summed E-state index contributed by atoms with van der Waals surface area (Å²) >= 11 is 0. The van der Waals surface area contributed by atoms with Crippen LogP contribution in [0.3, 0.4) is 0 Å². The number of methoxy groups -OCH3 is 2. The van der Waals surface area contributed by atoms with Crippen LogP contribution in [0.1, 0.15) is 12.8 Å². The molecule has 1 amide bonds.